The number of nitrogens with one attached hydrogen (secondary N) is 2. The van der Waals surface area contributed by atoms with Gasteiger partial charge in [-0.25, -0.2) is 0 Å². The first kappa shape index (κ1) is 19.6. The maximum absolute atomic E-state index is 12.9. The third kappa shape index (κ3) is 3.73. The van der Waals surface area contributed by atoms with Crippen LogP contribution in [0.4, 0.5) is 0 Å². The molecule has 1 saturated carbocycles. The van der Waals surface area contributed by atoms with Crippen molar-refractivity contribution in [2.75, 3.05) is 13.1 Å². The highest BCUT2D eigenvalue weighted by Crippen LogP contribution is 2.39. The van der Waals surface area contributed by atoms with Gasteiger partial charge in [-0.1, -0.05) is 18.2 Å². The first-order valence-corrected chi connectivity index (χ1v) is 11.3. The van der Waals surface area contributed by atoms with Crippen molar-refractivity contribution in [1.29, 1.82) is 0 Å². The van der Waals surface area contributed by atoms with Gasteiger partial charge in [0.1, 0.15) is 0 Å². The Morgan fingerprint density at radius 1 is 1.13 bits per heavy atom. The smallest absolute Gasteiger partial charge is 0.253 e. The fourth-order valence-electron chi connectivity index (χ4n) is 5.52. The van der Waals surface area contributed by atoms with Gasteiger partial charge in [0.25, 0.3) is 5.91 Å². The van der Waals surface area contributed by atoms with Crippen molar-refractivity contribution < 1.29 is 9.59 Å². The molecule has 5 rings (SSSR count). The molecular weight excluding hydrogens is 376 g/mol. The molecule has 2 aliphatic heterocycles. The minimum Gasteiger partial charge on any atom is -0.352 e. The highest BCUT2D eigenvalue weighted by atomic mass is 16.2. The number of rotatable bonds is 6. The summed E-state index contributed by atoms with van der Waals surface area (Å²) < 4.78 is 2.01. The zero-order valence-electron chi connectivity index (χ0n) is 18.0. The van der Waals surface area contributed by atoms with Gasteiger partial charge < -0.3 is 15.2 Å². The summed E-state index contributed by atoms with van der Waals surface area (Å²) in [5.74, 6) is 0.676. The van der Waals surface area contributed by atoms with E-state index in [9.17, 15) is 9.59 Å². The molecule has 1 aliphatic carbocycles. The van der Waals surface area contributed by atoms with Gasteiger partial charge in [0.15, 0.2) is 0 Å². The lowest BCUT2D eigenvalue weighted by Gasteiger charge is -2.38. The predicted molar refractivity (Wildman–Crippen MR) is 117 cm³/mol. The van der Waals surface area contributed by atoms with E-state index in [0.29, 0.717) is 31.1 Å². The molecule has 2 unspecified atom stereocenters. The topological polar surface area (TPSA) is 66.4 Å². The van der Waals surface area contributed by atoms with E-state index < -0.39 is 0 Å². The zero-order valence-corrected chi connectivity index (χ0v) is 18.0. The predicted octanol–water partition coefficient (Wildman–Crippen LogP) is 2.82. The summed E-state index contributed by atoms with van der Waals surface area (Å²) in [4.78, 5) is 27.7. The van der Waals surface area contributed by atoms with E-state index in [1.807, 2.05) is 42.1 Å². The second-order valence-electron chi connectivity index (χ2n) is 9.88. The van der Waals surface area contributed by atoms with Gasteiger partial charge in [0.05, 0.1) is 12.1 Å². The molecule has 160 valence electrons. The Bertz CT molecular complexity index is 963. The van der Waals surface area contributed by atoms with Gasteiger partial charge in [-0.15, -0.1) is 0 Å². The van der Waals surface area contributed by atoms with Crippen LogP contribution in [-0.2, 0) is 11.8 Å². The largest absolute Gasteiger partial charge is 0.352 e. The van der Waals surface area contributed by atoms with Crippen LogP contribution in [-0.4, -0.2) is 52.0 Å². The molecule has 3 fully saturated rings. The summed E-state index contributed by atoms with van der Waals surface area (Å²) in [5, 5.41) is 7.38. The molecule has 6 heteroatoms. The average Bonchev–Trinajstić information content (AvgIpc) is 3.29. The number of amides is 2. The molecule has 30 heavy (non-hydrogen) atoms. The standard InChI is InChI=1S/C24H32N4O2/c1-24(9-10-24)26-22(29)15-28-17-7-8-18(28)12-16(11-17)13-25-23(30)20-14-27(2)21-6-4-3-5-19(20)21/h3-6,14,16-18H,7-13,15H2,1-2H3,(H,25,30)(H,26,29). The molecule has 2 bridgehead atoms. The van der Waals surface area contributed by atoms with E-state index in [1.54, 1.807) is 0 Å². The average molecular weight is 409 g/mol. The number of carbonyl (C=O) groups excluding carboxylic acids is 2. The van der Waals surface area contributed by atoms with Gasteiger partial charge in [0, 0.05) is 48.3 Å². The Hall–Kier alpha value is -2.34. The Kier molecular flexibility index (Phi) is 4.85. The van der Waals surface area contributed by atoms with E-state index in [4.69, 9.17) is 0 Å². The van der Waals surface area contributed by atoms with E-state index >= 15 is 0 Å². The molecule has 2 amide bonds. The van der Waals surface area contributed by atoms with Crippen LogP contribution in [0.2, 0.25) is 0 Å². The number of carbonyl (C=O) groups is 2. The molecule has 0 radical (unpaired) electrons. The summed E-state index contributed by atoms with van der Waals surface area (Å²) in [7, 11) is 1.98. The van der Waals surface area contributed by atoms with Crippen LogP contribution in [0.1, 0.15) is 55.8 Å². The monoisotopic (exact) mass is 408 g/mol. The van der Waals surface area contributed by atoms with Crippen molar-refractivity contribution in [3.63, 3.8) is 0 Å². The first-order chi connectivity index (χ1) is 14.4. The van der Waals surface area contributed by atoms with E-state index in [0.717, 1.165) is 42.1 Å². The number of hydrogen-bond acceptors (Lipinski definition) is 3. The minimum absolute atomic E-state index is 0.0126. The number of nitrogens with zero attached hydrogens (tertiary/aromatic N) is 2. The van der Waals surface area contributed by atoms with Gasteiger partial charge in [0.2, 0.25) is 5.91 Å². The molecule has 1 aromatic carbocycles. The van der Waals surface area contributed by atoms with E-state index in [-0.39, 0.29) is 17.4 Å². The highest BCUT2D eigenvalue weighted by Gasteiger charge is 2.43. The lowest BCUT2D eigenvalue weighted by molar-refractivity contribution is -0.124. The van der Waals surface area contributed by atoms with Crippen LogP contribution in [0.15, 0.2) is 30.5 Å². The van der Waals surface area contributed by atoms with Gasteiger partial charge in [-0.3, -0.25) is 14.5 Å². The fraction of sp³-hybridized carbons (Fsp3) is 0.583. The number of aryl methyl sites for hydroxylation is 1. The quantitative estimate of drug-likeness (QED) is 0.772. The summed E-state index contributed by atoms with van der Waals surface area (Å²) in [6.45, 7) is 3.37. The molecule has 2 aromatic rings. The number of aromatic nitrogens is 1. The van der Waals surface area contributed by atoms with Gasteiger partial charge in [-0.2, -0.15) is 0 Å². The second-order valence-corrected chi connectivity index (χ2v) is 9.88. The van der Waals surface area contributed by atoms with Crippen LogP contribution in [0.5, 0.6) is 0 Å². The van der Waals surface area contributed by atoms with Crippen molar-refractivity contribution in [2.24, 2.45) is 13.0 Å². The first-order valence-electron chi connectivity index (χ1n) is 11.3. The van der Waals surface area contributed by atoms with Crippen LogP contribution in [0, 0.1) is 5.92 Å². The normalized spacial score (nSPS) is 27.2. The van der Waals surface area contributed by atoms with Crippen molar-refractivity contribution in [2.45, 2.75) is 63.1 Å². The fourth-order valence-corrected chi connectivity index (χ4v) is 5.52. The van der Waals surface area contributed by atoms with Crippen LogP contribution < -0.4 is 10.6 Å². The number of piperidine rings is 1. The molecule has 2 atom stereocenters. The number of benzene rings is 1. The molecule has 2 saturated heterocycles. The molecular formula is C24H32N4O2. The third-order valence-corrected chi connectivity index (χ3v) is 7.44. The van der Waals surface area contributed by atoms with Gasteiger partial charge >= 0.3 is 0 Å². The van der Waals surface area contributed by atoms with E-state index in [2.05, 4.69) is 22.5 Å². The molecule has 6 nitrogen and oxygen atoms in total. The molecule has 2 N–H and O–H groups in total. The Labute approximate surface area is 178 Å². The summed E-state index contributed by atoms with van der Waals surface area (Å²) in [6, 6.07) is 8.97. The summed E-state index contributed by atoms with van der Waals surface area (Å²) in [5.41, 5.74) is 1.88. The molecule has 0 spiro atoms. The SMILES string of the molecule is Cn1cc(C(=O)NCC2CC3CCC(C2)N3CC(=O)NC2(C)CC2)c2ccccc21. The lowest BCUT2D eigenvalue weighted by atomic mass is 9.90. The zero-order chi connectivity index (χ0) is 20.9. The third-order valence-electron chi connectivity index (χ3n) is 7.44. The van der Waals surface area contributed by atoms with Crippen LogP contribution in [0.3, 0.4) is 0 Å². The Balaban J connectivity index is 1.17. The highest BCUT2D eigenvalue weighted by molar-refractivity contribution is 6.06. The van der Waals surface area contributed by atoms with Gasteiger partial charge in [-0.05, 0) is 57.4 Å². The summed E-state index contributed by atoms with van der Waals surface area (Å²) in [6.07, 6.45) is 8.60. The van der Waals surface area contributed by atoms with E-state index in [1.165, 1.54) is 12.8 Å². The molecule has 3 heterocycles. The van der Waals surface area contributed by atoms with Crippen molar-refractivity contribution in [3.05, 3.63) is 36.0 Å². The number of para-hydroxylation sites is 1. The summed E-state index contributed by atoms with van der Waals surface area (Å²) >= 11 is 0. The van der Waals surface area contributed by atoms with Crippen molar-refractivity contribution in [3.8, 4) is 0 Å². The Morgan fingerprint density at radius 3 is 2.53 bits per heavy atom. The Morgan fingerprint density at radius 2 is 1.83 bits per heavy atom. The second kappa shape index (κ2) is 7.41. The minimum atomic E-state index is 0.0126. The maximum Gasteiger partial charge on any atom is 0.253 e. The van der Waals surface area contributed by atoms with Crippen molar-refractivity contribution >= 4 is 22.7 Å². The number of hydrogen-bond donors (Lipinski definition) is 2. The van der Waals surface area contributed by atoms with Crippen LogP contribution >= 0.6 is 0 Å². The number of fused-ring (bicyclic) bond motifs is 3. The van der Waals surface area contributed by atoms with Crippen molar-refractivity contribution in [1.82, 2.24) is 20.1 Å². The van der Waals surface area contributed by atoms with Crippen LogP contribution in [0.25, 0.3) is 10.9 Å². The maximum atomic E-state index is 12.9. The molecule has 3 aliphatic rings. The molecule has 1 aromatic heterocycles. The lowest BCUT2D eigenvalue weighted by Crippen LogP contribution is -2.50.